The number of aromatic nitrogens is 1. The van der Waals surface area contributed by atoms with Gasteiger partial charge in [-0.2, -0.15) is 5.01 Å². The van der Waals surface area contributed by atoms with Crippen molar-refractivity contribution in [3.8, 4) is 11.1 Å². The standard InChI is InChI=1S/C21H23N2/c1-16-14-17(2)23(18(3)15-16)22(4)21-12-10-20(11-13-21)19-8-6-5-7-9-19/h5-15H,1-4H3/q+1. The zero-order valence-electron chi connectivity index (χ0n) is 14.2. The second-order valence-electron chi connectivity index (χ2n) is 6.06. The van der Waals surface area contributed by atoms with Crippen LogP contribution in [0.2, 0.25) is 0 Å². The number of hydrogen-bond donors (Lipinski definition) is 0. The van der Waals surface area contributed by atoms with Gasteiger partial charge in [0.2, 0.25) is 11.4 Å². The second-order valence-corrected chi connectivity index (χ2v) is 6.06. The van der Waals surface area contributed by atoms with Crippen molar-refractivity contribution >= 4 is 5.69 Å². The van der Waals surface area contributed by atoms with E-state index in [0.717, 1.165) is 0 Å². The fourth-order valence-corrected chi connectivity index (χ4v) is 3.19. The van der Waals surface area contributed by atoms with Gasteiger partial charge in [-0.05, 0) is 35.7 Å². The van der Waals surface area contributed by atoms with Gasteiger partial charge in [-0.1, -0.05) is 47.1 Å². The molecule has 3 rings (SSSR count). The lowest BCUT2D eigenvalue weighted by atomic mass is 10.1. The summed E-state index contributed by atoms with van der Waals surface area (Å²) in [5.74, 6) is 0. The smallest absolute Gasteiger partial charge is 0.151 e. The first-order valence-corrected chi connectivity index (χ1v) is 7.95. The van der Waals surface area contributed by atoms with Crippen LogP contribution in [0.4, 0.5) is 5.69 Å². The van der Waals surface area contributed by atoms with Gasteiger partial charge in [-0.25, -0.2) is 0 Å². The van der Waals surface area contributed by atoms with Crippen molar-refractivity contribution in [1.82, 2.24) is 0 Å². The minimum atomic E-state index is 1.17. The van der Waals surface area contributed by atoms with Crippen molar-refractivity contribution in [1.29, 1.82) is 0 Å². The number of benzene rings is 2. The molecule has 0 fully saturated rings. The number of pyridine rings is 1. The molecule has 2 nitrogen and oxygen atoms in total. The molecule has 0 aliphatic heterocycles. The first-order valence-electron chi connectivity index (χ1n) is 7.95. The van der Waals surface area contributed by atoms with Gasteiger partial charge in [0.25, 0.3) is 0 Å². The molecule has 0 atom stereocenters. The summed E-state index contributed by atoms with van der Waals surface area (Å²) in [6.45, 7) is 6.43. The van der Waals surface area contributed by atoms with E-state index in [4.69, 9.17) is 0 Å². The predicted molar refractivity (Wildman–Crippen MR) is 96.5 cm³/mol. The summed E-state index contributed by atoms with van der Waals surface area (Å²) >= 11 is 0. The van der Waals surface area contributed by atoms with Crippen LogP contribution >= 0.6 is 0 Å². The van der Waals surface area contributed by atoms with Crippen LogP contribution in [-0.2, 0) is 0 Å². The second kappa shape index (κ2) is 6.25. The van der Waals surface area contributed by atoms with Crippen molar-refractivity contribution in [3.63, 3.8) is 0 Å². The normalized spacial score (nSPS) is 10.6. The Morgan fingerprint density at radius 3 is 1.78 bits per heavy atom. The van der Waals surface area contributed by atoms with E-state index < -0.39 is 0 Å². The van der Waals surface area contributed by atoms with E-state index in [-0.39, 0.29) is 0 Å². The van der Waals surface area contributed by atoms with Crippen LogP contribution in [0, 0.1) is 20.8 Å². The van der Waals surface area contributed by atoms with E-state index in [1.807, 2.05) is 6.07 Å². The third-order valence-electron chi connectivity index (χ3n) is 4.19. The Hall–Kier alpha value is -2.61. The molecule has 3 aromatic rings. The molecule has 1 heterocycles. The first-order chi connectivity index (χ1) is 11.1. The van der Waals surface area contributed by atoms with E-state index >= 15 is 0 Å². The van der Waals surface area contributed by atoms with Gasteiger partial charge >= 0.3 is 0 Å². The molecule has 0 aliphatic rings. The zero-order valence-corrected chi connectivity index (χ0v) is 14.2. The topological polar surface area (TPSA) is 7.12 Å². The molecule has 23 heavy (non-hydrogen) atoms. The van der Waals surface area contributed by atoms with E-state index in [0.29, 0.717) is 0 Å². The third-order valence-corrected chi connectivity index (χ3v) is 4.19. The number of hydrogen-bond acceptors (Lipinski definition) is 1. The average molecular weight is 303 g/mol. The molecule has 0 saturated heterocycles. The largest absolute Gasteiger partial charge is 0.209 e. The van der Waals surface area contributed by atoms with Gasteiger partial charge in [0.1, 0.15) is 0 Å². The summed E-state index contributed by atoms with van der Waals surface area (Å²) < 4.78 is 2.24. The van der Waals surface area contributed by atoms with Crippen LogP contribution in [0.1, 0.15) is 17.0 Å². The maximum absolute atomic E-state index is 2.24. The summed E-state index contributed by atoms with van der Waals surface area (Å²) in [6.07, 6.45) is 0. The highest BCUT2D eigenvalue weighted by Crippen LogP contribution is 2.22. The van der Waals surface area contributed by atoms with Crippen molar-refractivity contribution in [2.45, 2.75) is 20.8 Å². The Morgan fingerprint density at radius 1 is 0.696 bits per heavy atom. The Bertz CT molecular complexity index is 782. The van der Waals surface area contributed by atoms with Crippen LogP contribution in [0.5, 0.6) is 0 Å². The van der Waals surface area contributed by atoms with E-state index in [9.17, 15) is 0 Å². The predicted octanol–water partition coefficient (Wildman–Crippen LogP) is 4.47. The molecule has 2 aromatic carbocycles. The molecule has 0 N–H and O–H groups in total. The molecule has 2 heteroatoms. The molecular formula is C21H23N2+. The highest BCUT2D eigenvalue weighted by Gasteiger charge is 2.18. The number of anilines is 1. The zero-order chi connectivity index (χ0) is 16.4. The van der Waals surface area contributed by atoms with Crippen molar-refractivity contribution in [2.75, 3.05) is 12.1 Å². The van der Waals surface area contributed by atoms with Gasteiger partial charge < -0.3 is 0 Å². The maximum Gasteiger partial charge on any atom is 0.209 e. The Balaban J connectivity index is 1.94. The number of nitrogens with zero attached hydrogens (tertiary/aromatic N) is 2. The van der Waals surface area contributed by atoms with Crippen molar-refractivity contribution in [3.05, 3.63) is 83.7 Å². The lowest BCUT2D eigenvalue weighted by Gasteiger charge is -2.17. The molecule has 0 aliphatic carbocycles. The third kappa shape index (κ3) is 3.11. The molecule has 0 unspecified atom stereocenters. The summed E-state index contributed by atoms with van der Waals surface area (Å²) in [5, 5.41) is 2.19. The molecule has 0 amide bonds. The van der Waals surface area contributed by atoms with Gasteiger partial charge in [0.05, 0.1) is 12.7 Å². The molecule has 0 bridgehead atoms. The van der Waals surface area contributed by atoms with Crippen LogP contribution in [0.15, 0.2) is 66.7 Å². The van der Waals surface area contributed by atoms with Crippen LogP contribution in [0.3, 0.4) is 0 Å². The highest BCUT2D eigenvalue weighted by atomic mass is 15.5. The van der Waals surface area contributed by atoms with Crippen molar-refractivity contribution in [2.24, 2.45) is 0 Å². The fraction of sp³-hybridized carbons (Fsp3) is 0.190. The van der Waals surface area contributed by atoms with Crippen LogP contribution in [0.25, 0.3) is 11.1 Å². The SMILES string of the molecule is Cc1cc(C)[n+](N(C)c2ccc(-c3ccccc3)cc2)c(C)c1. The lowest BCUT2D eigenvalue weighted by molar-refractivity contribution is -0.693. The van der Waals surface area contributed by atoms with E-state index in [1.165, 1.54) is 33.8 Å². The maximum atomic E-state index is 2.24. The minimum Gasteiger partial charge on any atom is -0.151 e. The van der Waals surface area contributed by atoms with E-state index in [2.05, 4.69) is 98.2 Å². The van der Waals surface area contributed by atoms with Gasteiger partial charge in [0, 0.05) is 26.0 Å². The number of rotatable bonds is 3. The van der Waals surface area contributed by atoms with Gasteiger partial charge in [0.15, 0.2) is 0 Å². The average Bonchev–Trinajstić information content (AvgIpc) is 2.55. The summed E-state index contributed by atoms with van der Waals surface area (Å²) in [5.41, 5.74) is 7.42. The fourth-order valence-electron chi connectivity index (χ4n) is 3.19. The van der Waals surface area contributed by atoms with Gasteiger partial charge in [-0.3, -0.25) is 0 Å². The van der Waals surface area contributed by atoms with Crippen molar-refractivity contribution < 1.29 is 4.68 Å². The molecule has 0 saturated carbocycles. The van der Waals surface area contributed by atoms with Gasteiger partial charge in [-0.15, -0.1) is 0 Å². The Labute approximate surface area is 138 Å². The molecule has 0 spiro atoms. The summed E-state index contributed by atoms with van der Waals surface area (Å²) in [4.78, 5) is 0. The molecule has 1 aromatic heterocycles. The first kappa shape index (κ1) is 15.3. The van der Waals surface area contributed by atoms with Crippen LogP contribution < -0.4 is 9.69 Å². The van der Waals surface area contributed by atoms with E-state index in [1.54, 1.807) is 0 Å². The lowest BCUT2D eigenvalue weighted by Crippen LogP contribution is -2.56. The molecular weight excluding hydrogens is 280 g/mol. The Morgan fingerprint density at radius 2 is 1.22 bits per heavy atom. The minimum absolute atomic E-state index is 1.17. The quantitative estimate of drug-likeness (QED) is 0.648. The highest BCUT2D eigenvalue weighted by molar-refractivity contribution is 5.65. The summed E-state index contributed by atoms with van der Waals surface area (Å²) in [7, 11) is 2.10. The molecule has 116 valence electrons. The number of aryl methyl sites for hydroxylation is 3. The van der Waals surface area contributed by atoms with Crippen LogP contribution in [-0.4, -0.2) is 7.05 Å². The monoisotopic (exact) mass is 303 g/mol. The molecule has 0 radical (unpaired) electrons. The summed E-state index contributed by atoms with van der Waals surface area (Å²) in [6, 6.07) is 23.6. The Kier molecular flexibility index (Phi) is 4.16.